The van der Waals surface area contributed by atoms with Crippen molar-refractivity contribution < 1.29 is 9.84 Å². The molecule has 3 heteroatoms. The van der Waals surface area contributed by atoms with Crippen LogP contribution in [0.2, 0.25) is 0 Å². The number of hydrogen-bond donors (Lipinski definition) is 1. The van der Waals surface area contributed by atoms with Crippen LogP contribution in [0.15, 0.2) is 18.2 Å². The van der Waals surface area contributed by atoms with E-state index in [1.165, 1.54) is 0 Å². The second kappa shape index (κ2) is 7.17. The van der Waals surface area contributed by atoms with Gasteiger partial charge in [-0.1, -0.05) is 26.0 Å². The molecular weight excluding hydrogens is 214 g/mol. The first-order valence-corrected chi connectivity index (χ1v) is 6.38. The van der Waals surface area contributed by atoms with Gasteiger partial charge < -0.3 is 9.84 Å². The van der Waals surface area contributed by atoms with Gasteiger partial charge in [-0.3, -0.25) is 4.90 Å². The number of rotatable bonds is 7. The molecule has 0 spiro atoms. The predicted octanol–water partition coefficient (Wildman–Crippen LogP) is 3.02. The highest BCUT2D eigenvalue weighted by molar-refractivity contribution is 5.45. The fourth-order valence-electron chi connectivity index (χ4n) is 1.87. The van der Waals surface area contributed by atoms with Crippen LogP contribution in [-0.4, -0.2) is 29.7 Å². The van der Waals surface area contributed by atoms with Gasteiger partial charge in [0.05, 0.1) is 6.61 Å². The van der Waals surface area contributed by atoms with Crippen LogP contribution in [0.5, 0.6) is 11.5 Å². The summed E-state index contributed by atoms with van der Waals surface area (Å²) >= 11 is 0. The molecule has 0 aromatic heterocycles. The third-order valence-electron chi connectivity index (χ3n) is 2.76. The van der Waals surface area contributed by atoms with Gasteiger partial charge in [-0.05, 0) is 32.5 Å². The van der Waals surface area contributed by atoms with Crippen LogP contribution in [0.3, 0.4) is 0 Å². The van der Waals surface area contributed by atoms with Gasteiger partial charge in [-0.2, -0.15) is 0 Å². The van der Waals surface area contributed by atoms with E-state index in [0.29, 0.717) is 12.4 Å². The minimum Gasteiger partial charge on any atom is -0.504 e. The molecule has 1 N–H and O–H groups in total. The minimum atomic E-state index is 0.281. The van der Waals surface area contributed by atoms with E-state index in [0.717, 1.165) is 31.6 Å². The fraction of sp³-hybridized carbons (Fsp3) is 0.571. The van der Waals surface area contributed by atoms with Crippen LogP contribution in [0.4, 0.5) is 0 Å². The van der Waals surface area contributed by atoms with E-state index in [2.05, 4.69) is 18.7 Å². The van der Waals surface area contributed by atoms with Crippen LogP contribution in [-0.2, 0) is 6.54 Å². The second-order valence-electron chi connectivity index (χ2n) is 4.07. The molecule has 17 heavy (non-hydrogen) atoms. The zero-order chi connectivity index (χ0) is 12.7. The number of para-hydroxylation sites is 1. The highest BCUT2D eigenvalue weighted by Crippen LogP contribution is 2.30. The van der Waals surface area contributed by atoms with E-state index < -0.39 is 0 Å². The largest absolute Gasteiger partial charge is 0.504 e. The Bertz CT molecular complexity index is 339. The van der Waals surface area contributed by atoms with Crippen LogP contribution < -0.4 is 4.74 Å². The quantitative estimate of drug-likeness (QED) is 0.791. The first-order chi connectivity index (χ1) is 8.22. The molecule has 1 aromatic carbocycles. The van der Waals surface area contributed by atoms with E-state index in [4.69, 9.17) is 4.74 Å². The molecule has 1 aromatic rings. The summed E-state index contributed by atoms with van der Waals surface area (Å²) < 4.78 is 5.38. The van der Waals surface area contributed by atoms with Crippen molar-refractivity contribution in [2.75, 3.05) is 19.7 Å². The van der Waals surface area contributed by atoms with Crippen LogP contribution in [0.25, 0.3) is 0 Å². The molecule has 0 saturated carbocycles. The standard InChI is InChI=1S/C14H23NO2/c1-4-10-15(5-2)11-12-8-7-9-13(14(12)16)17-6-3/h7-9,16H,4-6,10-11H2,1-3H3. The van der Waals surface area contributed by atoms with E-state index >= 15 is 0 Å². The van der Waals surface area contributed by atoms with Crippen molar-refractivity contribution in [1.29, 1.82) is 0 Å². The average Bonchev–Trinajstić information content (AvgIpc) is 2.33. The van der Waals surface area contributed by atoms with Gasteiger partial charge in [-0.25, -0.2) is 0 Å². The molecule has 0 aliphatic carbocycles. The molecule has 0 aliphatic rings. The number of aromatic hydroxyl groups is 1. The number of nitrogens with zero attached hydrogens (tertiary/aromatic N) is 1. The summed E-state index contributed by atoms with van der Waals surface area (Å²) in [6.07, 6.45) is 1.12. The number of ether oxygens (including phenoxy) is 1. The van der Waals surface area contributed by atoms with Gasteiger partial charge in [-0.15, -0.1) is 0 Å². The second-order valence-corrected chi connectivity index (χ2v) is 4.07. The monoisotopic (exact) mass is 237 g/mol. The SMILES string of the molecule is CCCN(CC)Cc1cccc(OCC)c1O. The Labute approximate surface area is 104 Å². The van der Waals surface area contributed by atoms with Crippen molar-refractivity contribution in [2.24, 2.45) is 0 Å². The molecule has 0 fully saturated rings. The Morgan fingerprint density at radius 1 is 1.24 bits per heavy atom. The third-order valence-corrected chi connectivity index (χ3v) is 2.76. The molecular formula is C14H23NO2. The molecule has 0 unspecified atom stereocenters. The first kappa shape index (κ1) is 13.8. The summed E-state index contributed by atoms with van der Waals surface area (Å²) in [5.41, 5.74) is 0.936. The zero-order valence-corrected chi connectivity index (χ0v) is 11.1. The number of phenolic OH excluding ortho intramolecular Hbond substituents is 1. The number of phenols is 1. The van der Waals surface area contributed by atoms with Crippen molar-refractivity contribution in [2.45, 2.75) is 33.7 Å². The van der Waals surface area contributed by atoms with E-state index in [-0.39, 0.29) is 5.75 Å². The normalized spacial score (nSPS) is 10.8. The summed E-state index contributed by atoms with van der Waals surface area (Å²) in [5.74, 6) is 0.862. The fourth-order valence-corrected chi connectivity index (χ4v) is 1.87. The third kappa shape index (κ3) is 3.93. The van der Waals surface area contributed by atoms with Crippen molar-refractivity contribution in [3.63, 3.8) is 0 Å². The topological polar surface area (TPSA) is 32.7 Å². The van der Waals surface area contributed by atoms with Crippen molar-refractivity contribution in [3.05, 3.63) is 23.8 Å². The summed E-state index contributed by atoms with van der Waals surface area (Å²) in [6, 6.07) is 5.69. The molecule has 3 nitrogen and oxygen atoms in total. The van der Waals surface area contributed by atoms with Crippen LogP contribution >= 0.6 is 0 Å². The van der Waals surface area contributed by atoms with Gasteiger partial charge >= 0.3 is 0 Å². The van der Waals surface area contributed by atoms with Crippen LogP contribution in [0.1, 0.15) is 32.8 Å². The summed E-state index contributed by atoms with van der Waals surface area (Å²) in [5, 5.41) is 10.1. The smallest absolute Gasteiger partial charge is 0.162 e. The molecule has 96 valence electrons. The highest BCUT2D eigenvalue weighted by Gasteiger charge is 2.10. The minimum absolute atomic E-state index is 0.281. The summed E-state index contributed by atoms with van der Waals surface area (Å²) in [7, 11) is 0. The molecule has 0 saturated heterocycles. The summed E-state index contributed by atoms with van der Waals surface area (Å²) in [4.78, 5) is 2.31. The van der Waals surface area contributed by atoms with Crippen molar-refractivity contribution in [3.8, 4) is 11.5 Å². The van der Waals surface area contributed by atoms with Crippen molar-refractivity contribution in [1.82, 2.24) is 4.90 Å². The van der Waals surface area contributed by atoms with E-state index in [1.807, 2.05) is 19.1 Å². The Hall–Kier alpha value is -1.22. The Morgan fingerprint density at radius 3 is 2.59 bits per heavy atom. The Balaban J connectivity index is 2.79. The average molecular weight is 237 g/mol. The van der Waals surface area contributed by atoms with Gasteiger partial charge in [0.1, 0.15) is 0 Å². The lowest BCUT2D eigenvalue weighted by Crippen LogP contribution is -2.23. The maximum absolute atomic E-state index is 10.1. The van der Waals surface area contributed by atoms with Gasteiger partial charge in [0.25, 0.3) is 0 Å². The summed E-state index contributed by atoms with van der Waals surface area (Å²) in [6.45, 7) is 9.61. The van der Waals surface area contributed by atoms with Gasteiger partial charge in [0.15, 0.2) is 11.5 Å². The zero-order valence-electron chi connectivity index (χ0n) is 11.1. The number of benzene rings is 1. The Morgan fingerprint density at radius 2 is 2.00 bits per heavy atom. The lowest BCUT2D eigenvalue weighted by atomic mass is 10.1. The van der Waals surface area contributed by atoms with E-state index in [1.54, 1.807) is 6.07 Å². The lowest BCUT2D eigenvalue weighted by Gasteiger charge is -2.20. The van der Waals surface area contributed by atoms with Gasteiger partial charge in [0.2, 0.25) is 0 Å². The maximum atomic E-state index is 10.1. The molecule has 0 atom stereocenters. The molecule has 1 rings (SSSR count). The van der Waals surface area contributed by atoms with Crippen molar-refractivity contribution >= 4 is 0 Å². The molecule has 0 heterocycles. The van der Waals surface area contributed by atoms with Crippen LogP contribution in [0, 0.1) is 0 Å². The Kier molecular flexibility index (Phi) is 5.84. The molecule has 0 radical (unpaired) electrons. The predicted molar refractivity (Wildman–Crippen MR) is 70.5 cm³/mol. The molecule has 0 bridgehead atoms. The van der Waals surface area contributed by atoms with E-state index in [9.17, 15) is 5.11 Å². The first-order valence-electron chi connectivity index (χ1n) is 6.38. The maximum Gasteiger partial charge on any atom is 0.162 e. The number of hydrogen-bond acceptors (Lipinski definition) is 3. The highest BCUT2D eigenvalue weighted by atomic mass is 16.5. The molecule has 0 aliphatic heterocycles. The lowest BCUT2D eigenvalue weighted by molar-refractivity contribution is 0.271. The van der Waals surface area contributed by atoms with Gasteiger partial charge in [0, 0.05) is 12.1 Å². The molecule has 0 amide bonds.